The summed E-state index contributed by atoms with van der Waals surface area (Å²) in [5.74, 6) is -0.829. The van der Waals surface area contributed by atoms with Crippen LogP contribution < -0.4 is 0 Å². The lowest BCUT2D eigenvalue weighted by Crippen LogP contribution is -1.88. The highest BCUT2D eigenvalue weighted by Crippen LogP contribution is 2.08. The number of carboxylic acids is 1. The maximum absolute atomic E-state index is 9.53. The van der Waals surface area contributed by atoms with Gasteiger partial charge in [0.2, 0.25) is 0 Å². The molecule has 0 amide bonds. The van der Waals surface area contributed by atoms with Gasteiger partial charge < -0.3 is 5.11 Å². The number of allylic oxidation sites excluding steroid dienone is 1. The zero-order chi connectivity index (χ0) is 11.7. The molecule has 0 atom stereocenters. The maximum atomic E-state index is 9.53. The summed E-state index contributed by atoms with van der Waals surface area (Å²) in [5.41, 5.74) is 2.34. The number of carboxylic acid groups (broad SMARTS) is 1. The molecule has 0 unspecified atom stereocenters. The van der Waals surface area contributed by atoms with E-state index < -0.39 is 5.97 Å². The van der Waals surface area contributed by atoms with Crippen LogP contribution in [0.2, 0.25) is 0 Å². The standard InChI is InChI=1S/C9H10.C4H6O2/c1-8(2)9-6-4-3-5-7-9;1-2-3-4(5)6/h3-7H,1H2,2H3;2H,1,3H2,(H,5,6). The third-order valence-electron chi connectivity index (χ3n) is 1.59. The SMILES string of the molecule is C=C(C)c1ccccc1.C=CCC(=O)O. The Bertz CT molecular complexity index is 326. The normalized spacial score (nSPS) is 8.33. The summed E-state index contributed by atoms with van der Waals surface area (Å²) in [6, 6.07) is 10.2. The molecular formula is C13H16O2. The van der Waals surface area contributed by atoms with Crippen molar-refractivity contribution in [2.24, 2.45) is 0 Å². The molecule has 0 spiro atoms. The second-order valence-corrected chi connectivity index (χ2v) is 3.03. The largest absolute Gasteiger partial charge is 0.481 e. The molecule has 1 aromatic rings. The minimum atomic E-state index is -0.829. The molecule has 0 bridgehead atoms. The molecule has 1 rings (SSSR count). The molecule has 0 saturated carbocycles. The predicted molar refractivity (Wildman–Crippen MR) is 63.6 cm³/mol. The minimum absolute atomic E-state index is 0.0556. The molecule has 1 aromatic carbocycles. The lowest BCUT2D eigenvalue weighted by atomic mass is 10.1. The Hall–Kier alpha value is -1.83. The van der Waals surface area contributed by atoms with Gasteiger partial charge in [-0.05, 0) is 12.5 Å². The molecular weight excluding hydrogens is 188 g/mol. The van der Waals surface area contributed by atoms with E-state index in [0.717, 1.165) is 5.57 Å². The first-order chi connectivity index (χ1) is 7.07. The number of aliphatic carboxylic acids is 1. The van der Waals surface area contributed by atoms with Gasteiger partial charge in [-0.1, -0.05) is 48.6 Å². The van der Waals surface area contributed by atoms with Crippen molar-refractivity contribution in [1.29, 1.82) is 0 Å². The Kier molecular flexibility index (Phi) is 6.64. The van der Waals surface area contributed by atoms with Gasteiger partial charge in [0.15, 0.2) is 0 Å². The van der Waals surface area contributed by atoms with Gasteiger partial charge in [0.05, 0.1) is 6.42 Å². The summed E-state index contributed by atoms with van der Waals surface area (Å²) in [6.07, 6.45) is 1.41. The molecule has 0 radical (unpaired) electrons. The van der Waals surface area contributed by atoms with E-state index in [1.165, 1.54) is 11.6 Å². The lowest BCUT2D eigenvalue weighted by Gasteiger charge is -1.94. The topological polar surface area (TPSA) is 37.3 Å². The van der Waals surface area contributed by atoms with Crippen LogP contribution in [0.4, 0.5) is 0 Å². The number of hydrogen-bond donors (Lipinski definition) is 1. The van der Waals surface area contributed by atoms with Crippen LogP contribution in [-0.4, -0.2) is 11.1 Å². The first kappa shape index (κ1) is 13.2. The number of hydrogen-bond acceptors (Lipinski definition) is 1. The zero-order valence-corrected chi connectivity index (χ0v) is 8.94. The smallest absolute Gasteiger partial charge is 0.307 e. The minimum Gasteiger partial charge on any atom is -0.481 e. The zero-order valence-electron chi connectivity index (χ0n) is 8.94. The third kappa shape index (κ3) is 7.26. The van der Waals surface area contributed by atoms with Gasteiger partial charge in [-0.15, -0.1) is 6.58 Å². The molecule has 0 aliphatic rings. The molecule has 0 fully saturated rings. The quantitative estimate of drug-likeness (QED) is 0.766. The van der Waals surface area contributed by atoms with Crippen LogP contribution in [0.15, 0.2) is 49.6 Å². The summed E-state index contributed by atoms with van der Waals surface area (Å²) in [5, 5.41) is 7.84. The van der Waals surface area contributed by atoms with Crippen LogP contribution in [0.1, 0.15) is 18.9 Å². The Balaban J connectivity index is 0.000000288. The molecule has 2 heteroatoms. The van der Waals surface area contributed by atoms with E-state index in [2.05, 4.69) is 25.3 Å². The van der Waals surface area contributed by atoms with Crippen LogP contribution in [0.25, 0.3) is 5.57 Å². The molecule has 2 nitrogen and oxygen atoms in total. The van der Waals surface area contributed by atoms with E-state index in [1.54, 1.807) is 0 Å². The van der Waals surface area contributed by atoms with Gasteiger partial charge >= 0.3 is 5.97 Å². The van der Waals surface area contributed by atoms with Crippen LogP contribution in [0.5, 0.6) is 0 Å². The highest BCUT2D eigenvalue weighted by molar-refractivity contribution is 5.68. The third-order valence-corrected chi connectivity index (χ3v) is 1.59. The van der Waals surface area contributed by atoms with Crippen molar-refractivity contribution in [1.82, 2.24) is 0 Å². The molecule has 0 saturated heterocycles. The van der Waals surface area contributed by atoms with E-state index in [-0.39, 0.29) is 6.42 Å². The van der Waals surface area contributed by atoms with E-state index >= 15 is 0 Å². The fourth-order valence-corrected chi connectivity index (χ4v) is 0.846. The van der Waals surface area contributed by atoms with Crippen molar-refractivity contribution in [2.45, 2.75) is 13.3 Å². The van der Waals surface area contributed by atoms with Gasteiger partial charge in [-0.2, -0.15) is 0 Å². The van der Waals surface area contributed by atoms with Gasteiger partial charge in [-0.3, -0.25) is 4.79 Å². The highest BCUT2D eigenvalue weighted by atomic mass is 16.4. The van der Waals surface area contributed by atoms with Crippen LogP contribution >= 0.6 is 0 Å². The Morgan fingerprint density at radius 2 is 1.93 bits per heavy atom. The molecule has 15 heavy (non-hydrogen) atoms. The molecule has 0 heterocycles. The average Bonchev–Trinajstić information content (AvgIpc) is 2.20. The van der Waals surface area contributed by atoms with Crippen molar-refractivity contribution in [3.63, 3.8) is 0 Å². The molecule has 80 valence electrons. The van der Waals surface area contributed by atoms with Crippen molar-refractivity contribution in [3.8, 4) is 0 Å². The molecule has 0 aromatic heterocycles. The molecule has 0 aliphatic heterocycles. The van der Waals surface area contributed by atoms with Crippen LogP contribution in [-0.2, 0) is 4.79 Å². The van der Waals surface area contributed by atoms with Crippen LogP contribution in [0.3, 0.4) is 0 Å². The van der Waals surface area contributed by atoms with Crippen molar-refractivity contribution < 1.29 is 9.90 Å². The highest BCUT2D eigenvalue weighted by Gasteiger charge is 1.86. The van der Waals surface area contributed by atoms with Crippen molar-refractivity contribution in [3.05, 3.63) is 55.1 Å². The number of benzene rings is 1. The second-order valence-electron chi connectivity index (χ2n) is 3.03. The number of rotatable bonds is 3. The lowest BCUT2D eigenvalue weighted by molar-refractivity contribution is -0.135. The fraction of sp³-hybridized carbons (Fsp3) is 0.154. The predicted octanol–water partition coefficient (Wildman–Crippen LogP) is 3.37. The first-order valence-corrected chi connectivity index (χ1v) is 4.61. The summed E-state index contributed by atoms with van der Waals surface area (Å²) >= 11 is 0. The number of carbonyl (C=O) groups is 1. The average molecular weight is 204 g/mol. The Labute approximate surface area is 90.6 Å². The second kappa shape index (κ2) is 7.56. The van der Waals surface area contributed by atoms with E-state index in [0.29, 0.717) is 0 Å². The summed E-state index contributed by atoms with van der Waals surface area (Å²) < 4.78 is 0. The molecule has 1 N–H and O–H groups in total. The van der Waals surface area contributed by atoms with Crippen molar-refractivity contribution >= 4 is 11.5 Å². The summed E-state index contributed by atoms with van der Waals surface area (Å²) in [6.45, 7) is 9.05. The monoisotopic (exact) mass is 204 g/mol. The first-order valence-electron chi connectivity index (χ1n) is 4.61. The van der Waals surface area contributed by atoms with Gasteiger partial charge in [0.1, 0.15) is 0 Å². The summed E-state index contributed by atoms with van der Waals surface area (Å²) in [7, 11) is 0. The van der Waals surface area contributed by atoms with E-state index in [1.807, 2.05) is 25.1 Å². The van der Waals surface area contributed by atoms with Crippen LogP contribution in [0, 0.1) is 0 Å². The summed E-state index contributed by atoms with van der Waals surface area (Å²) in [4.78, 5) is 9.53. The van der Waals surface area contributed by atoms with E-state index in [9.17, 15) is 4.79 Å². The molecule has 0 aliphatic carbocycles. The fourth-order valence-electron chi connectivity index (χ4n) is 0.846. The van der Waals surface area contributed by atoms with Crippen molar-refractivity contribution in [2.75, 3.05) is 0 Å². The van der Waals surface area contributed by atoms with Gasteiger partial charge in [-0.25, -0.2) is 0 Å². The van der Waals surface area contributed by atoms with Gasteiger partial charge in [0.25, 0.3) is 0 Å². The maximum Gasteiger partial charge on any atom is 0.307 e. The Morgan fingerprint density at radius 1 is 1.40 bits per heavy atom. The van der Waals surface area contributed by atoms with Gasteiger partial charge in [0, 0.05) is 0 Å². The van der Waals surface area contributed by atoms with E-state index in [4.69, 9.17) is 5.11 Å². The Morgan fingerprint density at radius 3 is 2.13 bits per heavy atom.